The van der Waals surface area contributed by atoms with E-state index in [1.165, 1.54) is 34.1 Å². The average Bonchev–Trinajstić information content (AvgIpc) is 2.68. The first-order valence-electron chi connectivity index (χ1n) is 8.24. The smallest absolute Gasteiger partial charge is 0.339 e. The predicted octanol–water partition coefficient (Wildman–Crippen LogP) is 3.09. The van der Waals surface area contributed by atoms with Crippen molar-refractivity contribution in [3.05, 3.63) is 54.1 Å². The normalized spacial score (nSPS) is 10.7. The van der Waals surface area contributed by atoms with Crippen molar-refractivity contribution < 1.29 is 23.9 Å². The van der Waals surface area contributed by atoms with E-state index in [0.717, 1.165) is 0 Å². The molecule has 0 radical (unpaired) electrons. The predicted molar refractivity (Wildman–Crippen MR) is 102 cm³/mol. The number of carbonyl (C=O) groups is 3. The molecule has 0 bridgehead atoms. The molecule has 7 nitrogen and oxygen atoms in total. The van der Waals surface area contributed by atoms with Crippen LogP contribution in [0.2, 0.25) is 0 Å². The number of nitrogens with one attached hydrogen (secondary N) is 2. The quantitative estimate of drug-likeness (QED) is 0.602. The van der Waals surface area contributed by atoms with Crippen LogP contribution in [0, 0.1) is 5.41 Å². The van der Waals surface area contributed by atoms with Crippen LogP contribution in [-0.4, -0.2) is 32.0 Å². The van der Waals surface area contributed by atoms with Gasteiger partial charge in [0.2, 0.25) is 11.8 Å². The first kappa shape index (κ1) is 20.0. The number of amides is 2. The maximum atomic E-state index is 12.7. The minimum atomic E-state index is -1.41. The van der Waals surface area contributed by atoms with Crippen LogP contribution >= 0.6 is 0 Å². The molecule has 2 aromatic carbocycles. The second-order valence-electron chi connectivity index (χ2n) is 6.27. The molecule has 0 saturated heterocycles. The van der Waals surface area contributed by atoms with Crippen molar-refractivity contribution in [3.8, 4) is 5.75 Å². The maximum Gasteiger partial charge on any atom is 0.339 e. The highest BCUT2D eigenvalue weighted by molar-refractivity contribution is 6.15. The van der Waals surface area contributed by atoms with Gasteiger partial charge in [-0.2, -0.15) is 0 Å². The summed E-state index contributed by atoms with van der Waals surface area (Å²) < 4.78 is 9.92. The van der Waals surface area contributed by atoms with Crippen molar-refractivity contribution in [2.24, 2.45) is 5.41 Å². The van der Waals surface area contributed by atoms with Crippen LogP contribution in [-0.2, 0) is 14.3 Å². The molecule has 7 heteroatoms. The molecule has 2 aromatic rings. The van der Waals surface area contributed by atoms with Gasteiger partial charge in [-0.05, 0) is 38.1 Å². The summed E-state index contributed by atoms with van der Waals surface area (Å²) in [6.07, 6.45) is 0. The molecule has 142 valence electrons. The van der Waals surface area contributed by atoms with Gasteiger partial charge in [0.25, 0.3) is 0 Å². The van der Waals surface area contributed by atoms with Gasteiger partial charge in [-0.15, -0.1) is 0 Å². The van der Waals surface area contributed by atoms with E-state index in [1.54, 1.807) is 42.5 Å². The van der Waals surface area contributed by atoms with Crippen LogP contribution < -0.4 is 15.4 Å². The van der Waals surface area contributed by atoms with E-state index in [-0.39, 0.29) is 11.3 Å². The largest absolute Gasteiger partial charge is 0.495 e. The van der Waals surface area contributed by atoms with Crippen molar-refractivity contribution >= 4 is 29.2 Å². The van der Waals surface area contributed by atoms with Gasteiger partial charge in [0.15, 0.2) is 0 Å². The van der Waals surface area contributed by atoms with Crippen molar-refractivity contribution in [2.45, 2.75) is 13.8 Å². The Morgan fingerprint density at radius 1 is 0.815 bits per heavy atom. The number of para-hydroxylation sites is 3. The first-order chi connectivity index (χ1) is 12.8. The molecular formula is C20H22N2O5. The van der Waals surface area contributed by atoms with Gasteiger partial charge in [-0.25, -0.2) is 4.79 Å². The summed E-state index contributed by atoms with van der Waals surface area (Å²) in [7, 11) is 2.75. The number of methoxy groups -OCH3 is 2. The summed E-state index contributed by atoms with van der Waals surface area (Å²) in [4.78, 5) is 37.3. The van der Waals surface area contributed by atoms with E-state index in [2.05, 4.69) is 10.6 Å². The fraction of sp³-hybridized carbons (Fsp3) is 0.250. The fourth-order valence-corrected chi connectivity index (χ4v) is 2.29. The van der Waals surface area contributed by atoms with E-state index >= 15 is 0 Å². The Labute approximate surface area is 157 Å². The maximum absolute atomic E-state index is 12.7. The molecule has 0 spiro atoms. The molecule has 2 rings (SSSR count). The number of benzene rings is 2. The number of rotatable bonds is 6. The molecule has 0 aliphatic rings. The Hall–Kier alpha value is -3.35. The third-order valence-electron chi connectivity index (χ3n) is 4.07. The Balaban J connectivity index is 2.20. The summed E-state index contributed by atoms with van der Waals surface area (Å²) in [5.41, 5.74) is -0.480. The van der Waals surface area contributed by atoms with Crippen LogP contribution in [0.4, 0.5) is 11.4 Å². The van der Waals surface area contributed by atoms with Gasteiger partial charge in [0.1, 0.15) is 11.2 Å². The van der Waals surface area contributed by atoms with Crippen molar-refractivity contribution in [2.75, 3.05) is 24.9 Å². The van der Waals surface area contributed by atoms with Gasteiger partial charge >= 0.3 is 5.97 Å². The van der Waals surface area contributed by atoms with Crippen molar-refractivity contribution in [3.63, 3.8) is 0 Å². The third-order valence-corrected chi connectivity index (χ3v) is 4.07. The zero-order valence-corrected chi connectivity index (χ0v) is 15.7. The summed E-state index contributed by atoms with van der Waals surface area (Å²) in [6, 6.07) is 13.3. The van der Waals surface area contributed by atoms with Crippen molar-refractivity contribution in [1.82, 2.24) is 0 Å². The Morgan fingerprint density at radius 3 is 1.93 bits per heavy atom. The molecular weight excluding hydrogens is 348 g/mol. The molecule has 0 atom stereocenters. The number of ether oxygens (including phenoxy) is 2. The molecule has 0 fully saturated rings. The fourth-order valence-electron chi connectivity index (χ4n) is 2.29. The molecule has 0 aromatic heterocycles. The van der Waals surface area contributed by atoms with E-state index in [0.29, 0.717) is 11.4 Å². The van der Waals surface area contributed by atoms with E-state index < -0.39 is 23.2 Å². The molecule has 2 amide bonds. The molecule has 0 unspecified atom stereocenters. The Bertz CT molecular complexity index is 861. The second kappa shape index (κ2) is 8.35. The first-order valence-corrected chi connectivity index (χ1v) is 8.24. The highest BCUT2D eigenvalue weighted by atomic mass is 16.5. The lowest BCUT2D eigenvalue weighted by molar-refractivity contribution is -0.135. The second-order valence-corrected chi connectivity index (χ2v) is 6.27. The number of carbonyl (C=O) groups excluding carboxylic acids is 3. The lowest BCUT2D eigenvalue weighted by Gasteiger charge is -2.23. The minimum absolute atomic E-state index is 0.203. The van der Waals surface area contributed by atoms with E-state index in [1.807, 2.05) is 0 Å². The summed E-state index contributed by atoms with van der Waals surface area (Å²) in [6.45, 7) is 2.99. The van der Waals surface area contributed by atoms with Gasteiger partial charge in [-0.3, -0.25) is 9.59 Å². The SMILES string of the molecule is COC(=O)c1ccccc1NC(=O)C(C)(C)C(=O)Nc1ccccc1OC. The zero-order valence-electron chi connectivity index (χ0n) is 15.7. The van der Waals surface area contributed by atoms with Crippen LogP contribution in [0.15, 0.2) is 48.5 Å². The van der Waals surface area contributed by atoms with Crippen LogP contribution in [0.1, 0.15) is 24.2 Å². The van der Waals surface area contributed by atoms with Crippen molar-refractivity contribution in [1.29, 1.82) is 0 Å². The Kier molecular flexibility index (Phi) is 6.18. The monoisotopic (exact) mass is 370 g/mol. The zero-order chi connectivity index (χ0) is 20.0. The molecule has 27 heavy (non-hydrogen) atoms. The molecule has 2 N–H and O–H groups in total. The third kappa shape index (κ3) is 4.44. The minimum Gasteiger partial charge on any atom is -0.495 e. The molecule has 0 aliphatic carbocycles. The number of hydrogen-bond donors (Lipinski definition) is 2. The lowest BCUT2D eigenvalue weighted by atomic mass is 9.90. The van der Waals surface area contributed by atoms with Crippen LogP contribution in [0.3, 0.4) is 0 Å². The highest BCUT2D eigenvalue weighted by Gasteiger charge is 2.37. The lowest BCUT2D eigenvalue weighted by Crippen LogP contribution is -2.41. The summed E-state index contributed by atoms with van der Waals surface area (Å²) in [5, 5.41) is 5.33. The molecule has 0 saturated carbocycles. The summed E-state index contributed by atoms with van der Waals surface area (Å²) >= 11 is 0. The van der Waals surface area contributed by atoms with E-state index in [9.17, 15) is 14.4 Å². The number of esters is 1. The van der Waals surface area contributed by atoms with Gasteiger partial charge < -0.3 is 20.1 Å². The van der Waals surface area contributed by atoms with Gasteiger partial charge in [-0.1, -0.05) is 24.3 Å². The highest BCUT2D eigenvalue weighted by Crippen LogP contribution is 2.27. The topological polar surface area (TPSA) is 93.7 Å². The molecule has 0 heterocycles. The van der Waals surface area contributed by atoms with Crippen LogP contribution in [0.5, 0.6) is 5.75 Å². The molecule has 0 aliphatic heterocycles. The van der Waals surface area contributed by atoms with E-state index in [4.69, 9.17) is 9.47 Å². The Morgan fingerprint density at radius 2 is 1.33 bits per heavy atom. The average molecular weight is 370 g/mol. The number of anilines is 2. The number of hydrogen-bond acceptors (Lipinski definition) is 5. The van der Waals surface area contributed by atoms with Crippen LogP contribution in [0.25, 0.3) is 0 Å². The standard InChI is InChI=1S/C20H22N2O5/c1-20(2,19(25)22-15-11-7-8-12-16(15)26-3)18(24)21-14-10-6-5-9-13(14)17(23)27-4/h5-12H,1-4H3,(H,21,24)(H,22,25). The van der Waals surface area contributed by atoms with Gasteiger partial charge in [0.05, 0.1) is 31.2 Å². The summed E-state index contributed by atoms with van der Waals surface area (Å²) in [5.74, 6) is -1.17. The van der Waals surface area contributed by atoms with Gasteiger partial charge in [0, 0.05) is 0 Å².